The predicted molar refractivity (Wildman–Crippen MR) is 88.5 cm³/mol. The van der Waals surface area contributed by atoms with Crippen molar-refractivity contribution in [3.8, 4) is 0 Å². The second-order valence-corrected chi connectivity index (χ2v) is 6.55. The molecule has 6 heteroatoms. The van der Waals surface area contributed by atoms with E-state index in [1.165, 1.54) is 32.4 Å². The molecule has 22 heavy (non-hydrogen) atoms. The molecule has 3 rings (SSSR count). The van der Waals surface area contributed by atoms with Crippen molar-refractivity contribution in [1.29, 1.82) is 0 Å². The molecule has 2 atom stereocenters. The van der Waals surface area contributed by atoms with Gasteiger partial charge in [0.15, 0.2) is 0 Å². The van der Waals surface area contributed by atoms with Crippen LogP contribution < -0.4 is 10.2 Å². The summed E-state index contributed by atoms with van der Waals surface area (Å²) in [5, 5.41) is 3.50. The molecular weight excluding hydrogens is 278 g/mol. The zero-order valence-corrected chi connectivity index (χ0v) is 13.9. The highest BCUT2D eigenvalue weighted by atomic mass is 16.5. The molecule has 0 unspecified atom stereocenters. The lowest BCUT2D eigenvalue weighted by molar-refractivity contribution is 0.127. The lowest BCUT2D eigenvalue weighted by Gasteiger charge is -2.34. The van der Waals surface area contributed by atoms with E-state index in [9.17, 15) is 0 Å². The van der Waals surface area contributed by atoms with E-state index in [1.807, 2.05) is 32.1 Å². The summed E-state index contributed by atoms with van der Waals surface area (Å²) in [7, 11) is 4.02. The van der Waals surface area contributed by atoms with Crippen molar-refractivity contribution in [3.05, 3.63) is 11.8 Å². The number of hydrogen-bond donors (Lipinski definition) is 1. The summed E-state index contributed by atoms with van der Waals surface area (Å²) in [6.07, 6.45) is 5.84. The summed E-state index contributed by atoms with van der Waals surface area (Å²) in [4.78, 5) is 13.7. The molecule has 0 spiro atoms. The van der Waals surface area contributed by atoms with E-state index in [4.69, 9.17) is 4.74 Å². The normalized spacial score (nSPS) is 26.1. The number of piperidine rings is 1. The van der Waals surface area contributed by atoms with Crippen LogP contribution in [-0.2, 0) is 4.74 Å². The van der Waals surface area contributed by atoms with E-state index in [-0.39, 0.29) is 6.04 Å². The van der Waals surface area contributed by atoms with Crippen LogP contribution in [0.2, 0.25) is 0 Å². The van der Waals surface area contributed by atoms with Crippen molar-refractivity contribution in [2.24, 2.45) is 0 Å². The van der Waals surface area contributed by atoms with Gasteiger partial charge in [-0.1, -0.05) is 6.42 Å². The van der Waals surface area contributed by atoms with Gasteiger partial charge in [0.2, 0.25) is 5.95 Å². The Bertz CT molecular complexity index is 501. The van der Waals surface area contributed by atoms with E-state index in [2.05, 4.69) is 20.2 Å². The SMILES string of the molecule is Cc1cnc(N[C@@H]2COC[C@H]2N2CCCCC2)nc1N(C)C. The zero-order chi connectivity index (χ0) is 15.5. The first-order chi connectivity index (χ1) is 10.6. The minimum atomic E-state index is 0.274. The Kier molecular flexibility index (Phi) is 4.78. The van der Waals surface area contributed by atoms with Crippen LogP contribution >= 0.6 is 0 Å². The number of hydrogen-bond acceptors (Lipinski definition) is 6. The van der Waals surface area contributed by atoms with Crippen molar-refractivity contribution >= 4 is 11.8 Å². The van der Waals surface area contributed by atoms with E-state index in [1.54, 1.807) is 0 Å². The Balaban J connectivity index is 1.70. The minimum Gasteiger partial charge on any atom is -0.378 e. The first-order valence-electron chi connectivity index (χ1n) is 8.24. The van der Waals surface area contributed by atoms with Gasteiger partial charge in [-0.15, -0.1) is 0 Å². The number of nitrogens with one attached hydrogen (secondary N) is 1. The largest absolute Gasteiger partial charge is 0.378 e. The van der Waals surface area contributed by atoms with E-state index in [0.29, 0.717) is 12.0 Å². The molecule has 3 heterocycles. The van der Waals surface area contributed by atoms with E-state index >= 15 is 0 Å². The molecule has 0 aliphatic carbocycles. The van der Waals surface area contributed by atoms with Gasteiger partial charge in [-0.3, -0.25) is 4.90 Å². The molecule has 0 saturated carbocycles. The maximum atomic E-state index is 5.73. The Morgan fingerprint density at radius 1 is 1.23 bits per heavy atom. The molecule has 0 bridgehead atoms. The highest BCUT2D eigenvalue weighted by Crippen LogP contribution is 2.22. The van der Waals surface area contributed by atoms with Gasteiger partial charge in [0.25, 0.3) is 0 Å². The first kappa shape index (κ1) is 15.5. The van der Waals surface area contributed by atoms with Crippen LogP contribution in [0.5, 0.6) is 0 Å². The molecule has 1 aromatic heterocycles. The van der Waals surface area contributed by atoms with Crippen molar-refractivity contribution in [2.45, 2.75) is 38.3 Å². The monoisotopic (exact) mass is 305 g/mol. The molecule has 1 aromatic rings. The maximum Gasteiger partial charge on any atom is 0.224 e. The molecule has 122 valence electrons. The molecular formula is C16H27N5O. The Labute approximate surface area is 132 Å². The van der Waals surface area contributed by atoms with Gasteiger partial charge in [-0.05, 0) is 32.9 Å². The zero-order valence-electron chi connectivity index (χ0n) is 13.9. The summed E-state index contributed by atoms with van der Waals surface area (Å²) in [6.45, 7) is 5.95. The molecule has 0 aromatic carbocycles. The summed E-state index contributed by atoms with van der Waals surface area (Å²) < 4.78 is 5.73. The number of ether oxygens (including phenoxy) is 1. The Hall–Kier alpha value is -1.40. The summed E-state index contributed by atoms with van der Waals surface area (Å²) in [5.74, 6) is 1.66. The molecule has 2 aliphatic heterocycles. The predicted octanol–water partition coefficient (Wildman–Crippen LogP) is 1.52. The van der Waals surface area contributed by atoms with Crippen LogP contribution in [0.4, 0.5) is 11.8 Å². The van der Waals surface area contributed by atoms with Crippen LogP contribution in [0.25, 0.3) is 0 Å². The highest BCUT2D eigenvalue weighted by molar-refractivity contribution is 5.48. The van der Waals surface area contributed by atoms with Crippen molar-refractivity contribution in [1.82, 2.24) is 14.9 Å². The minimum absolute atomic E-state index is 0.274. The fourth-order valence-electron chi connectivity index (χ4n) is 3.41. The van der Waals surface area contributed by atoms with Crippen LogP contribution in [0.1, 0.15) is 24.8 Å². The molecule has 2 saturated heterocycles. The average Bonchev–Trinajstić information content (AvgIpc) is 2.98. The van der Waals surface area contributed by atoms with E-state index < -0.39 is 0 Å². The number of aromatic nitrogens is 2. The third-order valence-corrected chi connectivity index (χ3v) is 4.59. The van der Waals surface area contributed by atoms with Crippen LogP contribution in [-0.4, -0.2) is 67.4 Å². The Morgan fingerprint density at radius 3 is 2.73 bits per heavy atom. The fraction of sp³-hybridized carbons (Fsp3) is 0.750. The molecule has 0 amide bonds. The van der Waals surface area contributed by atoms with Crippen LogP contribution in [0.3, 0.4) is 0 Å². The van der Waals surface area contributed by atoms with Crippen molar-refractivity contribution in [3.63, 3.8) is 0 Å². The van der Waals surface area contributed by atoms with E-state index in [0.717, 1.165) is 24.6 Å². The van der Waals surface area contributed by atoms with Gasteiger partial charge in [-0.25, -0.2) is 4.98 Å². The van der Waals surface area contributed by atoms with Crippen LogP contribution in [0.15, 0.2) is 6.20 Å². The third kappa shape index (κ3) is 3.33. The fourth-order valence-corrected chi connectivity index (χ4v) is 3.41. The van der Waals surface area contributed by atoms with Gasteiger partial charge in [0, 0.05) is 25.9 Å². The molecule has 0 radical (unpaired) electrons. The lowest BCUT2D eigenvalue weighted by Crippen LogP contribution is -2.48. The maximum absolute atomic E-state index is 5.73. The first-order valence-corrected chi connectivity index (χ1v) is 8.24. The lowest BCUT2D eigenvalue weighted by atomic mass is 10.1. The summed E-state index contributed by atoms with van der Waals surface area (Å²) in [5.41, 5.74) is 1.09. The number of rotatable bonds is 4. The van der Waals surface area contributed by atoms with Crippen molar-refractivity contribution < 1.29 is 4.74 Å². The summed E-state index contributed by atoms with van der Waals surface area (Å²) >= 11 is 0. The highest BCUT2D eigenvalue weighted by Gasteiger charge is 2.34. The van der Waals surface area contributed by atoms with Gasteiger partial charge in [0.1, 0.15) is 5.82 Å². The third-order valence-electron chi connectivity index (χ3n) is 4.59. The topological polar surface area (TPSA) is 53.5 Å². The second-order valence-electron chi connectivity index (χ2n) is 6.55. The van der Waals surface area contributed by atoms with Gasteiger partial charge in [-0.2, -0.15) is 4.98 Å². The second kappa shape index (κ2) is 6.79. The number of aryl methyl sites for hydroxylation is 1. The average molecular weight is 305 g/mol. The number of anilines is 2. The quantitative estimate of drug-likeness (QED) is 0.910. The summed E-state index contributed by atoms with van der Waals surface area (Å²) in [6, 6.07) is 0.712. The number of nitrogens with zero attached hydrogens (tertiary/aromatic N) is 4. The van der Waals surface area contributed by atoms with Crippen molar-refractivity contribution in [2.75, 3.05) is 50.6 Å². The number of likely N-dealkylation sites (tertiary alicyclic amines) is 1. The molecule has 1 N–H and O–H groups in total. The smallest absolute Gasteiger partial charge is 0.224 e. The molecule has 2 fully saturated rings. The van der Waals surface area contributed by atoms with Gasteiger partial charge >= 0.3 is 0 Å². The molecule has 2 aliphatic rings. The van der Waals surface area contributed by atoms with Crippen LogP contribution in [0, 0.1) is 6.92 Å². The Morgan fingerprint density at radius 2 is 2.00 bits per heavy atom. The van der Waals surface area contributed by atoms with Gasteiger partial charge in [0.05, 0.1) is 25.3 Å². The standard InChI is InChI=1S/C16H27N5O/c1-12-9-17-16(19-15(12)20(2)3)18-13-10-22-11-14(13)21-7-5-4-6-8-21/h9,13-14H,4-8,10-11H2,1-3H3,(H,17,18,19)/t13-,14-/m1/s1. The molecule has 6 nitrogen and oxygen atoms in total. The van der Waals surface area contributed by atoms with Gasteiger partial charge < -0.3 is 15.0 Å².